The summed E-state index contributed by atoms with van der Waals surface area (Å²) >= 11 is 0. The minimum absolute atomic E-state index is 0.0228. The second-order valence-corrected chi connectivity index (χ2v) is 7.41. The number of para-hydroxylation sites is 1. The molecule has 1 aromatic carbocycles. The van der Waals surface area contributed by atoms with E-state index >= 15 is 0 Å². The van der Waals surface area contributed by atoms with E-state index in [1.807, 2.05) is 14.2 Å². The molecule has 4 rings (SSSR count). The van der Waals surface area contributed by atoms with E-state index in [1.165, 1.54) is 22.2 Å². The van der Waals surface area contributed by atoms with Crippen LogP contribution in [0.5, 0.6) is 0 Å². The van der Waals surface area contributed by atoms with E-state index in [1.54, 1.807) is 0 Å². The van der Waals surface area contributed by atoms with E-state index in [0.29, 0.717) is 12.1 Å². The maximum Gasteiger partial charge on any atom is 0.0847 e. The van der Waals surface area contributed by atoms with Crippen LogP contribution in [-0.4, -0.2) is 48.4 Å². The van der Waals surface area contributed by atoms with Crippen molar-refractivity contribution in [1.29, 1.82) is 0 Å². The fraction of sp³-hybridized carbons (Fsp3) is 0.600. The van der Waals surface area contributed by atoms with Crippen LogP contribution in [0.3, 0.4) is 0 Å². The monoisotopic (exact) mass is 328 g/mol. The number of H-pyrrole nitrogens is 1. The molecular weight excluding hydrogens is 300 g/mol. The summed E-state index contributed by atoms with van der Waals surface area (Å²) in [5.74, 6) is 0. The second-order valence-electron chi connectivity index (χ2n) is 7.41. The summed E-state index contributed by atoms with van der Waals surface area (Å²) in [4.78, 5) is 6.23. The molecule has 0 bridgehead atoms. The SMILES string of the molecule is CO[C@H]1CC[C@@]2(OC)CCN(Cc3[nH]c4ccccc4c3C)[C@H]2C1. The number of aromatic amines is 1. The molecule has 0 radical (unpaired) electrons. The number of hydrogen-bond donors (Lipinski definition) is 1. The van der Waals surface area contributed by atoms with Gasteiger partial charge in [-0.1, -0.05) is 18.2 Å². The highest BCUT2D eigenvalue weighted by atomic mass is 16.5. The Balaban J connectivity index is 1.60. The van der Waals surface area contributed by atoms with Crippen LogP contribution in [0.15, 0.2) is 24.3 Å². The van der Waals surface area contributed by atoms with Crippen molar-refractivity contribution in [3.63, 3.8) is 0 Å². The number of fused-ring (bicyclic) bond motifs is 2. The number of nitrogens with zero attached hydrogens (tertiary/aromatic N) is 1. The van der Waals surface area contributed by atoms with Gasteiger partial charge in [0, 0.05) is 49.9 Å². The van der Waals surface area contributed by atoms with Gasteiger partial charge in [-0.3, -0.25) is 4.90 Å². The van der Waals surface area contributed by atoms with Crippen LogP contribution < -0.4 is 0 Å². The van der Waals surface area contributed by atoms with Gasteiger partial charge in [0.1, 0.15) is 0 Å². The lowest BCUT2D eigenvalue weighted by Gasteiger charge is -2.43. The van der Waals surface area contributed by atoms with Gasteiger partial charge in [0.2, 0.25) is 0 Å². The topological polar surface area (TPSA) is 37.5 Å². The summed E-state index contributed by atoms with van der Waals surface area (Å²) < 4.78 is 11.7. The van der Waals surface area contributed by atoms with E-state index in [9.17, 15) is 0 Å². The number of methoxy groups -OCH3 is 2. The smallest absolute Gasteiger partial charge is 0.0847 e. The Kier molecular flexibility index (Phi) is 4.15. The third-order valence-electron chi connectivity index (χ3n) is 6.42. The van der Waals surface area contributed by atoms with Crippen molar-refractivity contribution in [2.45, 2.75) is 56.9 Å². The zero-order valence-electron chi connectivity index (χ0n) is 15.0. The first-order valence-electron chi connectivity index (χ1n) is 9.05. The largest absolute Gasteiger partial charge is 0.381 e. The van der Waals surface area contributed by atoms with Gasteiger partial charge >= 0.3 is 0 Å². The van der Waals surface area contributed by atoms with Crippen molar-refractivity contribution >= 4 is 10.9 Å². The Bertz CT molecular complexity index is 725. The van der Waals surface area contributed by atoms with Gasteiger partial charge in [0.05, 0.1) is 11.7 Å². The molecule has 1 saturated carbocycles. The number of ether oxygens (including phenoxy) is 2. The van der Waals surface area contributed by atoms with Crippen molar-refractivity contribution in [3.05, 3.63) is 35.5 Å². The van der Waals surface area contributed by atoms with Gasteiger partial charge in [0.25, 0.3) is 0 Å². The third kappa shape index (κ3) is 2.48. The van der Waals surface area contributed by atoms with Crippen molar-refractivity contribution in [2.24, 2.45) is 0 Å². The second kappa shape index (κ2) is 6.17. The average Bonchev–Trinajstić information content (AvgIpc) is 3.14. The first kappa shape index (κ1) is 16.1. The first-order valence-corrected chi connectivity index (χ1v) is 9.05. The van der Waals surface area contributed by atoms with E-state index in [0.717, 1.165) is 38.8 Å². The molecular formula is C20H28N2O2. The van der Waals surface area contributed by atoms with Crippen molar-refractivity contribution in [3.8, 4) is 0 Å². The van der Waals surface area contributed by atoms with Gasteiger partial charge in [0.15, 0.2) is 0 Å². The standard InChI is InChI=1S/C20H28N2O2/c1-14-16-6-4-5-7-17(16)21-18(14)13-22-11-10-20(24-3)9-8-15(23-2)12-19(20)22/h4-7,15,19,21H,8-13H2,1-3H3/t15-,19-,20+/m0/s1. The van der Waals surface area contributed by atoms with Crippen molar-refractivity contribution in [1.82, 2.24) is 9.88 Å². The molecule has 2 aromatic rings. The highest BCUT2D eigenvalue weighted by Crippen LogP contribution is 2.43. The van der Waals surface area contributed by atoms with Gasteiger partial charge in [-0.15, -0.1) is 0 Å². The third-order valence-corrected chi connectivity index (χ3v) is 6.42. The lowest BCUT2D eigenvalue weighted by Crippen LogP contribution is -2.51. The molecule has 3 atom stereocenters. The molecule has 2 heterocycles. The molecule has 4 nitrogen and oxygen atoms in total. The average molecular weight is 328 g/mol. The van der Waals surface area contributed by atoms with E-state index < -0.39 is 0 Å². The van der Waals surface area contributed by atoms with Crippen LogP contribution in [0, 0.1) is 6.92 Å². The van der Waals surface area contributed by atoms with Gasteiger partial charge in [-0.25, -0.2) is 0 Å². The Morgan fingerprint density at radius 3 is 2.83 bits per heavy atom. The van der Waals surface area contributed by atoms with Crippen molar-refractivity contribution in [2.75, 3.05) is 20.8 Å². The van der Waals surface area contributed by atoms with Gasteiger partial charge < -0.3 is 14.5 Å². The normalized spacial score (nSPS) is 30.8. The Morgan fingerprint density at radius 2 is 2.08 bits per heavy atom. The number of likely N-dealkylation sites (tertiary alicyclic amines) is 1. The van der Waals surface area contributed by atoms with E-state index in [4.69, 9.17) is 9.47 Å². The van der Waals surface area contributed by atoms with Crippen molar-refractivity contribution < 1.29 is 9.47 Å². The minimum atomic E-state index is 0.0228. The molecule has 1 aromatic heterocycles. The Morgan fingerprint density at radius 1 is 1.25 bits per heavy atom. The minimum Gasteiger partial charge on any atom is -0.381 e. The molecule has 0 spiro atoms. The van der Waals surface area contributed by atoms with Crippen LogP contribution in [0.4, 0.5) is 0 Å². The van der Waals surface area contributed by atoms with Crippen LogP contribution in [0.25, 0.3) is 10.9 Å². The van der Waals surface area contributed by atoms with Crippen LogP contribution in [0.2, 0.25) is 0 Å². The first-order chi connectivity index (χ1) is 11.7. The van der Waals surface area contributed by atoms with E-state index in [2.05, 4.69) is 41.1 Å². The molecule has 2 fully saturated rings. The summed E-state index contributed by atoms with van der Waals surface area (Å²) in [6, 6.07) is 9.03. The number of aromatic nitrogens is 1. The molecule has 2 aliphatic rings. The molecule has 1 N–H and O–H groups in total. The fourth-order valence-electron chi connectivity index (χ4n) is 4.86. The molecule has 1 aliphatic heterocycles. The van der Waals surface area contributed by atoms with Crippen LogP contribution in [-0.2, 0) is 16.0 Å². The fourth-order valence-corrected chi connectivity index (χ4v) is 4.86. The number of aryl methyl sites for hydroxylation is 1. The highest BCUT2D eigenvalue weighted by molar-refractivity contribution is 5.84. The Hall–Kier alpha value is -1.36. The molecule has 4 heteroatoms. The summed E-state index contributed by atoms with van der Waals surface area (Å²) in [5.41, 5.74) is 3.97. The summed E-state index contributed by atoms with van der Waals surface area (Å²) in [5, 5.41) is 1.34. The maximum atomic E-state index is 6.05. The summed E-state index contributed by atoms with van der Waals surface area (Å²) in [6.45, 7) is 4.29. The predicted molar refractivity (Wildman–Crippen MR) is 96.2 cm³/mol. The maximum absolute atomic E-state index is 6.05. The summed E-state index contributed by atoms with van der Waals surface area (Å²) in [6.07, 6.45) is 4.78. The molecule has 130 valence electrons. The molecule has 24 heavy (non-hydrogen) atoms. The zero-order chi connectivity index (χ0) is 16.7. The number of hydrogen-bond acceptors (Lipinski definition) is 3. The molecule has 0 unspecified atom stereocenters. The number of benzene rings is 1. The lowest BCUT2D eigenvalue weighted by molar-refractivity contribution is -0.0948. The summed E-state index contributed by atoms with van der Waals surface area (Å²) in [7, 11) is 3.73. The Labute approximate surface area is 144 Å². The lowest BCUT2D eigenvalue weighted by atomic mass is 9.79. The van der Waals surface area contributed by atoms with E-state index in [-0.39, 0.29) is 5.60 Å². The molecule has 1 aliphatic carbocycles. The number of rotatable bonds is 4. The highest BCUT2D eigenvalue weighted by Gasteiger charge is 2.51. The molecule has 0 amide bonds. The van der Waals surface area contributed by atoms with Crippen LogP contribution in [0.1, 0.15) is 36.9 Å². The van der Waals surface area contributed by atoms with Gasteiger partial charge in [-0.05, 0) is 44.2 Å². The predicted octanol–water partition coefficient (Wildman–Crippen LogP) is 3.63. The van der Waals surface area contributed by atoms with Crippen LogP contribution >= 0.6 is 0 Å². The molecule has 1 saturated heterocycles. The zero-order valence-corrected chi connectivity index (χ0v) is 15.0. The quantitative estimate of drug-likeness (QED) is 0.931. The van der Waals surface area contributed by atoms with Gasteiger partial charge in [-0.2, -0.15) is 0 Å². The number of nitrogens with one attached hydrogen (secondary N) is 1.